The van der Waals surface area contributed by atoms with Crippen LogP contribution < -0.4 is 5.73 Å². The van der Waals surface area contributed by atoms with Gasteiger partial charge in [-0.25, -0.2) is 4.39 Å². The Hall–Kier alpha value is -0.890. The molecule has 1 nitrogen and oxygen atoms in total. The molecule has 2 heteroatoms. The molecule has 2 aliphatic rings. The lowest BCUT2D eigenvalue weighted by Gasteiger charge is -2.11. The van der Waals surface area contributed by atoms with E-state index in [0.717, 1.165) is 12.0 Å². The van der Waals surface area contributed by atoms with Gasteiger partial charge >= 0.3 is 0 Å². The Morgan fingerprint density at radius 3 is 2.56 bits per heavy atom. The molecule has 1 aromatic carbocycles. The number of hydrogen-bond donors (Lipinski definition) is 1. The lowest BCUT2D eigenvalue weighted by atomic mass is 10.0. The monoisotopic (exact) mass is 219 g/mol. The minimum atomic E-state index is -0.148. The predicted molar refractivity (Wildman–Crippen MR) is 62.5 cm³/mol. The highest BCUT2D eigenvalue weighted by molar-refractivity contribution is 5.26. The number of nitrogens with two attached hydrogens (primary N) is 1. The zero-order valence-corrected chi connectivity index (χ0v) is 9.45. The normalized spacial score (nSPS) is 36.9. The summed E-state index contributed by atoms with van der Waals surface area (Å²) in [6.45, 7) is 0. The summed E-state index contributed by atoms with van der Waals surface area (Å²) in [5.74, 6) is 1.25. The van der Waals surface area contributed by atoms with Gasteiger partial charge in [0.15, 0.2) is 0 Å². The van der Waals surface area contributed by atoms with E-state index in [4.69, 9.17) is 5.73 Å². The first-order valence-electron chi connectivity index (χ1n) is 6.23. The van der Waals surface area contributed by atoms with Gasteiger partial charge in [0.25, 0.3) is 0 Å². The maximum atomic E-state index is 13.1. The van der Waals surface area contributed by atoms with Crippen molar-refractivity contribution in [2.24, 2.45) is 17.6 Å². The second kappa shape index (κ2) is 3.56. The maximum absolute atomic E-state index is 13.1. The van der Waals surface area contributed by atoms with Crippen molar-refractivity contribution in [1.82, 2.24) is 0 Å². The van der Waals surface area contributed by atoms with Crippen LogP contribution in [0.1, 0.15) is 31.2 Å². The summed E-state index contributed by atoms with van der Waals surface area (Å²) in [7, 11) is 0. The van der Waals surface area contributed by atoms with Crippen LogP contribution in [0.15, 0.2) is 24.3 Å². The number of benzene rings is 1. The number of fused-ring (bicyclic) bond motifs is 1. The highest BCUT2D eigenvalue weighted by Crippen LogP contribution is 2.58. The van der Waals surface area contributed by atoms with Gasteiger partial charge in [0.1, 0.15) is 5.82 Å². The van der Waals surface area contributed by atoms with Crippen molar-refractivity contribution in [3.63, 3.8) is 0 Å². The number of rotatable bonds is 2. The molecule has 0 amide bonds. The van der Waals surface area contributed by atoms with Crippen LogP contribution in [0.3, 0.4) is 0 Å². The average Bonchev–Trinajstić information content (AvgIpc) is 2.85. The Morgan fingerprint density at radius 2 is 1.94 bits per heavy atom. The third-order valence-corrected chi connectivity index (χ3v) is 4.44. The summed E-state index contributed by atoms with van der Waals surface area (Å²) in [5.41, 5.74) is 7.48. The van der Waals surface area contributed by atoms with Crippen molar-refractivity contribution in [3.05, 3.63) is 35.6 Å². The Labute approximate surface area is 95.8 Å². The van der Waals surface area contributed by atoms with Gasteiger partial charge in [-0.2, -0.15) is 0 Å². The molecule has 86 valence electrons. The van der Waals surface area contributed by atoms with Crippen LogP contribution in [-0.2, 0) is 6.42 Å². The van der Waals surface area contributed by atoms with Gasteiger partial charge < -0.3 is 5.73 Å². The molecule has 2 saturated carbocycles. The summed E-state index contributed by atoms with van der Waals surface area (Å²) < 4.78 is 13.1. The van der Waals surface area contributed by atoms with Gasteiger partial charge in [-0.3, -0.25) is 0 Å². The summed E-state index contributed by atoms with van der Waals surface area (Å²) in [4.78, 5) is 0. The fraction of sp³-hybridized carbons (Fsp3) is 0.571. The van der Waals surface area contributed by atoms with Crippen LogP contribution in [0.2, 0.25) is 0 Å². The van der Waals surface area contributed by atoms with E-state index in [-0.39, 0.29) is 11.4 Å². The summed E-state index contributed by atoms with van der Waals surface area (Å²) in [5, 5.41) is 0. The van der Waals surface area contributed by atoms with Crippen molar-refractivity contribution in [1.29, 1.82) is 0 Å². The standard InChI is InChI=1S/C14H18FN/c15-11-5-3-4-10(8-11)9-14(16)12-6-1-2-7-13(12)14/h3-5,8,12-13H,1-2,6-7,9,16H2. The van der Waals surface area contributed by atoms with Crippen LogP contribution in [0.25, 0.3) is 0 Å². The fourth-order valence-electron chi connectivity index (χ4n) is 3.56. The van der Waals surface area contributed by atoms with Gasteiger partial charge in [-0.05, 0) is 48.8 Å². The molecule has 2 atom stereocenters. The molecule has 2 aliphatic carbocycles. The highest BCUT2D eigenvalue weighted by Gasteiger charge is 2.61. The minimum Gasteiger partial charge on any atom is -0.324 e. The third kappa shape index (κ3) is 1.56. The molecule has 2 unspecified atom stereocenters. The van der Waals surface area contributed by atoms with Crippen molar-refractivity contribution in [2.45, 2.75) is 37.6 Å². The molecule has 0 radical (unpaired) electrons. The molecule has 0 heterocycles. The smallest absolute Gasteiger partial charge is 0.123 e. The van der Waals surface area contributed by atoms with Gasteiger partial charge in [0, 0.05) is 5.54 Å². The van der Waals surface area contributed by atoms with E-state index in [0.29, 0.717) is 11.8 Å². The first-order valence-corrected chi connectivity index (χ1v) is 6.23. The van der Waals surface area contributed by atoms with Gasteiger partial charge in [-0.1, -0.05) is 25.0 Å². The Morgan fingerprint density at radius 1 is 1.25 bits per heavy atom. The lowest BCUT2D eigenvalue weighted by Crippen LogP contribution is -2.29. The van der Waals surface area contributed by atoms with E-state index in [1.807, 2.05) is 6.07 Å². The molecule has 16 heavy (non-hydrogen) atoms. The van der Waals surface area contributed by atoms with Crippen LogP contribution >= 0.6 is 0 Å². The molecule has 0 saturated heterocycles. The summed E-state index contributed by atoms with van der Waals surface area (Å²) in [6, 6.07) is 6.88. The van der Waals surface area contributed by atoms with E-state index in [1.54, 1.807) is 12.1 Å². The predicted octanol–water partition coefficient (Wildman–Crippen LogP) is 2.89. The van der Waals surface area contributed by atoms with E-state index >= 15 is 0 Å². The van der Waals surface area contributed by atoms with E-state index < -0.39 is 0 Å². The maximum Gasteiger partial charge on any atom is 0.123 e. The van der Waals surface area contributed by atoms with Crippen LogP contribution in [0.5, 0.6) is 0 Å². The van der Waals surface area contributed by atoms with Crippen molar-refractivity contribution < 1.29 is 4.39 Å². The Bertz CT molecular complexity index is 389. The van der Waals surface area contributed by atoms with Gasteiger partial charge in [-0.15, -0.1) is 0 Å². The Balaban J connectivity index is 1.76. The zero-order chi connectivity index (χ0) is 11.2. The molecular weight excluding hydrogens is 201 g/mol. The molecular formula is C14H18FN. The Kier molecular flexibility index (Phi) is 2.28. The molecule has 2 N–H and O–H groups in total. The molecule has 1 aromatic rings. The van der Waals surface area contributed by atoms with E-state index in [1.165, 1.54) is 31.7 Å². The van der Waals surface area contributed by atoms with Crippen LogP contribution in [0, 0.1) is 17.7 Å². The summed E-state index contributed by atoms with van der Waals surface area (Å²) in [6.07, 6.45) is 6.04. The highest BCUT2D eigenvalue weighted by atomic mass is 19.1. The van der Waals surface area contributed by atoms with Crippen molar-refractivity contribution >= 4 is 0 Å². The molecule has 0 aliphatic heterocycles. The molecule has 0 bridgehead atoms. The molecule has 0 spiro atoms. The zero-order valence-electron chi connectivity index (χ0n) is 9.45. The topological polar surface area (TPSA) is 26.0 Å². The molecule has 2 fully saturated rings. The lowest BCUT2D eigenvalue weighted by molar-refractivity contribution is 0.480. The molecule has 3 rings (SSSR count). The van der Waals surface area contributed by atoms with Gasteiger partial charge in [0.2, 0.25) is 0 Å². The minimum absolute atomic E-state index is 0.0235. The van der Waals surface area contributed by atoms with Crippen molar-refractivity contribution in [2.75, 3.05) is 0 Å². The number of halogens is 1. The first kappa shape index (κ1) is 10.3. The second-order valence-electron chi connectivity index (χ2n) is 5.42. The fourth-order valence-corrected chi connectivity index (χ4v) is 3.56. The van der Waals surface area contributed by atoms with Crippen LogP contribution in [0.4, 0.5) is 4.39 Å². The van der Waals surface area contributed by atoms with E-state index in [9.17, 15) is 4.39 Å². The second-order valence-corrected chi connectivity index (χ2v) is 5.42. The summed E-state index contributed by atoms with van der Waals surface area (Å²) >= 11 is 0. The van der Waals surface area contributed by atoms with Crippen molar-refractivity contribution in [3.8, 4) is 0 Å². The van der Waals surface area contributed by atoms with Crippen LogP contribution in [-0.4, -0.2) is 5.54 Å². The number of hydrogen-bond acceptors (Lipinski definition) is 1. The average molecular weight is 219 g/mol. The molecule has 0 aromatic heterocycles. The van der Waals surface area contributed by atoms with E-state index in [2.05, 4.69) is 0 Å². The first-order chi connectivity index (χ1) is 7.70. The third-order valence-electron chi connectivity index (χ3n) is 4.44. The SMILES string of the molecule is NC1(Cc2cccc(F)c2)C2CCCCC21. The van der Waals surface area contributed by atoms with Gasteiger partial charge in [0.05, 0.1) is 0 Å². The quantitative estimate of drug-likeness (QED) is 0.813. The largest absolute Gasteiger partial charge is 0.324 e.